The Morgan fingerprint density at radius 1 is 1.33 bits per heavy atom. The van der Waals surface area contributed by atoms with Gasteiger partial charge in [-0.3, -0.25) is 4.68 Å². The molecule has 96 valence electrons. The van der Waals surface area contributed by atoms with Gasteiger partial charge in [0.25, 0.3) is 0 Å². The highest BCUT2D eigenvalue weighted by atomic mass is 35.5. The molecule has 0 saturated carbocycles. The minimum atomic E-state index is -0.0983. The van der Waals surface area contributed by atoms with Gasteiger partial charge in [0.05, 0.1) is 16.8 Å². The predicted octanol–water partition coefficient (Wildman–Crippen LogP) is 3.43. The summed E-state index contributed by atoms with van der Waals surface area (Å²) in [7, 11) is 0. The Morgan fingerprint density at radius 3 is 2.56 bits per heavy atom. The monoisotopic (exact) mass is 283 g/mol. The summed E-state index contributed by atoms with van der Waals surface area (Å²) in [4.78, 5) is 0. The first kappa shape index (κ1) is 13.4. The summed E-state index contributed by atoms with van der Waals surface area (Å²) in [6.45, 7) is 3.81. The largest absolute Gasteiger partial charge is 0.326 e. The van der Waals surface area contributed by atoms with Crippen LogP contribution >= 0.6 is 23.2 Å². The van der Waals surface area contributed by atoms with Crippen LogP contribution in [0.4, 0.5) is 0 Å². The zero-order chi connectivity index (χ0) is 13.3. The van der Waals surface area contributed by atoms with Crippen LogP contribution in [0.1, 0.15) is 24.2 Å². The van der Waals surface area contributed by atoms with Gasteiger partial charge in [0, 0.05) is 17.3 Å². The quantitative estimate of drug-likeness (QED) is 0.938. The standard InChI is InChI=1S/C13H15Cl2N3/c1-8(16)13(10-4-3-5-11(14)6-10)18-7-12(15)9(2)17-18/h3-8,13H,16H2,1-2H3. The molecule has 1 heterocycles. The van der Waals surface area contributed by atoms with E-state index in [4.69, 9.17) is 28.9 Å². The number of rotatable bonds is 3. The molecule has 2 rings (SSSR count). The van der Waals surface area contributed by atoms with Crippen molar-refractivity contribution in [1.29, 1.82) is 0 Å². The Bertz CT molecular complexity index is 529. The summed E-state index contributed by atoms with van der Waals surface area (Å²) in [5.74, 6) is 0. The Kier molecular flexibility index (Phi) is 3.95. The molecule has 0 saturated heterocycles. The van der Waals surface area contributed by atoms with Gasteiger partial charge in [-0.25, -0.2) is 0 Å². The fraction of sp³-hybridized carbons (Fsp3) is 0.308. The smallest absolute Gasteiger partial charge is 0.0917 e. The zero-order valence-electron chi connectivity index (χ0n) is 10.3. The van der Waals surface area contributed by atoms with Gasteiger partial charge in [-0.15, -0.1) is 0 Å². The van der Waals surface area contributed by atoms with Gasteiger partial charge >= 0.3 is 0 Å². The third-order valence-electron chi connectivity index (χ3n) is 2.83. The van der Waals surface area contributed by atoms with Gasteiger partial charge in [0.15, 0.2) is 0 Å². The summed E-state index contributed by atoms with van der Waals surface area (Å²) in [5.41, 5.74) is 7.88. The van der Waals surface area contributed by atoms with Crippen LogP contribution in [-0.4, -0.2) is 15.8 Å². The minimum absolute atomic E-state index is 0.0742. The lowest BCUT2D eigenvalue weighted by Crippen LogP contribution is -2.30. The van der Waals surface area contributed by atoms with E-state index in [0.717, 1.165) is 11.3 Å². The van der Waals surface area contributed by atoms with E-state index in [9.17, 15) is 0 Å². The van der Waals surface area contributed by atoms with E-state index < -0.39 is 0 Å². The molecule has 0 amide bonds. The van der Waals surface area contributed by atoms with Gasteiger partial charge in [0.2, 0.25) is 0 Å². The van der Waals surface area contributed by atoms with Crippen LogP contribution in [0.25, 0.3) is 0 Å². The molecule has 2 aromatic rings. The minimum Gasteiger partial charge on any atom is -0.326 e. The molecular weight excluding hydrogens is 269 g/mol. The van der Waals surface area contributed by atoms with Crippen LogP contribution in [0.2, 0.25) is 10.0 Å². The summed E-state index contributed by atoms with van der Waals surface area (Å²) >= 11 is 12.1. The molecular formula is C13H15Cl2N3. The number of hydrogen-bond donors (Lipinski definition) is 1. The van der Waals surface area contributed by atoms with E-state index in [1.54, 1.807) is 10.9 Å². The van der Waals surface area contributed by atoms with Crippen LogP contribution in [0.3, 0.4) is 0 Å². The number of hydrogen-bond acceptors (Lipinski definition) is 2. The maximum atomic E-state index is 6.06. The maximum Gasteiger partial charge on any atom is 0.0917 e. The Hall–Kier alpha value is -1.03. The average molecular weight is 284 g/mol. The van der Waals surface area contributed by atoms with Crippen LogP contribution in [0.15, 0.2) is 30.5 Å². The molecule has 2 atom stereocenters. The molecule has 0 aliphatic carbocycles. The molecule has 0 fully saturated rings. The molecule has 0 radical (unpaired) electrons. The summed E-state index contributed by atoms with van der Waals surface area (Å²) < 4.78 is 1.80. The van der Waals surface area contributed by atoms with Crippen molar-refractivity contribution in [1.82, 2.24) is 9.78 Å². The van der Waals surface area contributed by atoms with Crippen molar-refractivity contribution < 1.29 is 0 Å². The van der Waals surface area contributed by atoms with E-state index in [0.29, 0.717) is 10.0 Å². The van der Waals surface area contributed by atoms with E-state index in [2.05, 4.69) is 5.10 Å². The number of benzene rings is 1. The summed E-state index contributed by atoms with van der Waals surface area (Å²) in [6.07, 6.45) is 1.80. The van der Waals surface area contributed by atoms with E-state index in [1.807, 2.05) is 38.1 Å². The Labute approximate surface area is 117 Å². The lowest BCUT2D eigenvalue weighted by atomic mass is 10.0. The SMILES string of the molecule is Cc1nn(C(c2cccc(Cl)c2)C(C)N)cc1Cl. The van der Waals surface area contributed by atoms with Crippen molar-refractivity contribution in [2.75, 3.05) is 0 Å². The molecule has 0 aliphatic heterocycles. The third kappa shape index (κ3) is 2.69. The molecule has 2 unspecified atom stereocenters. The molecule has 0 spiro atoms. The Balaban J connectivity index is 2.46. The van der Waals surface area contributed by atoms with Crippen molar-refractivity contribution >= 4 is 23.2 Å². The lowest BCUT2D eigenvalue weighted by molar-refractivity contribution is 0.452. The zero-order valence-corrected chi connectivity index (χ0v) is 11.8. The molecule has 5 heteroatoms. The van der Waals surface area contributed by atoms with Crippen LogP contribution in [-0.2, 0) is 0 Å². The van der Waals surface area contributed by atoms with Crippen LogP contribution < -0.4 is 5.73 Å². The van der Waals surface area contributed by atoms with Crippen LogP contribution in [0.5, 0.6) is 0 Å². The lowest BCUT2D eigenvalue weighted by Gasteiger charge is -2.22. The second-order valence-corrected chi connectivity index (χ2v) is 5.25. The van der Waals surface area contributed by atoms with Crippen molar-refractivity contribution in [3.63, 3.8) is 0 Å². The second kappa shape index (κ2) is 5.31. The highest BCUT2D eigenvalue weighted by molar-refractivity contribution is 6.31. The number of nitrogens with zero attached hydrogens (tertiary/aromatic N) is 2. The highest BCUT2D eigenvalue weighted by Crippen LogP contribution is 2.25. The maximum absolute atomic E-state index is 6.06. The summed E-state index contributed by atoms with van der Waals surface area (Å²) in [6, 6.07) is 7.47. The van der Waals surface area contributed by atoms with Crippen molar-refractivity contribution in [3.05, 3.63) is 51.8 Å². The number of halogens is 2. The van der Waals surface area contributed by atoms with Gasteiger partial charge in [-0.05, 0) is 31.5 Å². The summed E-state index contributed by atoms with van der Waals surface area (Å²) in [5, 5.41) is 5.73. The van der Waals surface area contributed by atoms with E-state index in [1.165, 1.54) is 0 Å². The first-order valence-electron chi connectivity index (χ1n) is 5.71. The number of aryl methyl sites for hydroxylation is 1. The number of nitrogens with two attached hydrogens (primary N) is 1. The second-order valence-electron chi connectivity index (χ2n) is 4.40. The number of aromatic nitrogens is 2. The normalized spacial score (nSPS) is 14.5. The van der Waals surface area contributed by atoms with Crippen molar-refractivity contribution in [2.24, 2.45) is 5.73 Å². The van der Waals surface area contributed by atoms with E-state index >= 15 is 0 Å². The Morgan fingerprint density at radius 2 is 2.06 bits per heavy atom. The molecule has 1 aromatic carbocycles. The third-order valence-corrected chi connectivity index (χ3v) is 3.44. The first-order valence-corrected chi connectivity index (χ1v) is 6.47. The molecule has 0 aliphatic rings. The molecule has 1 aromatic heterocycles. The fourth-order valence-corrected chi connectivity index (χ4v) is 2.33. The van der Waals surface area contributed by atoms with Crippen molar-refractivity contribution in [2.45, 2.75) is 25.9 Å². The van der Waals surface area contributed by atoms with Gasteiger partial charge in [-0.2, -0.15) is 5.10 Å². The highest BCUT2D eigenvalue weighted by Gasteiger charge is 2.20. The predicted molar refractivity (Wildman–Crippen MR) is 75.2 cm³/mol. The fourth-order valence-electron chi connectivity index (χ4n) is 1.99. The van der Waals surface area contributed by atoms with Gasteiger partial charge in [0.1, 0.15) is 0 Å². The van der Waals surface area contributed by atoms with Crippen molar-refractivity contribution in [3.8, 4) is 0 Å². The molecule has 3 nitrogen and oxygen atoms in total. The van der Waals surface area contributed by atoms with Crippen LogP contribution in [0, 0.1) is 6.92 Å². The van der Waals surface area contributed by atoms with Gasteiger partial charge < -0.3 is 5.73 Å². The van der Waals surface area contributed by atoms with Gasteiger partial charge in [-0.1, -0.05) is 35.3 Å². The average Bonchev–Trinajstić information content (AvgIpc) is 2.58. The topological polar surface area (TPSA) is 43.8 Å². The van der Waals surface area contributed by atoms with E-state index in [-0.39, 0.29) is 12.1 Å². The molecule has 0 bridgehead atoms. The molecule has 18 heavy (non-hydrogen) atoms. The first-order chi connectivity index (χ1) is 8.49. The molecule has 2 N–H and O–H groups in total.